The van der Waals surface area contributed by atoms with Gasteiger partial charge in [0.15, 0.2) is 5.65 Å². The summed E-state index contributed by atoms with van der Waals surface area (Å²) in [5, 5.41) is 3.54. The first-order valence-corrected chi connectivity index (χ1v) is 8.93. The lowest BCUT2D eigenvalue weighted by Gasteiger charge is -2.23. The number of fused-ring (bicyclic) bond motifs is 5. The summed E-state index contributed by atoms with van der Waals surface area (Å²) < 4.78 is 2.06. The molecule has 0 aliphatic carbocycles. The smallest absolute Gasteiger partial charge is 0.255 e. The van der Waals surface area contributed by atoms with Crippen molar-refractivity contribution in [3.8, 4) is 0 Å². The van der Waals surface area contributed by atoms with Gasteiger partial charge in [0.1, 0.15) is 5.52 Å². The van der Waals surface area contributed by atoms with Crippen molar-refractivity contribution in [3.05, 3.63) is 24.2 Å². The topological polar surface area (TPSA) is 63.1 Å². The maximum atomic E-state index is 12.9. The standard InChI is InChI=1S/C18H25N5O.2ClH/c1-12(2)8-23-11-21-16-5-14(7-20-17(16)23)18(24)22-9-13-3-4-15(10-22)19-6-13;;/h5,7,11-13,15,19H,3-4,6,8-10H2,1-2H3;2*1H/t13-,15-;;/m0../s1. The summed E-state index contributed by atoms with van der Waals surface area (Å²) in [7, 11) is 0. The molecule has 3 aliphatic heterocycles. The summed E-state index contributed by atoms with van der Waals surface area (Å²) in [6.45, 7) is 7.91. The van der Waals surface area contributed by atoms with Crippen LogP contribution >= 0.6 is 24.8 Å². The predicted octanol–water partition coefficient (Wildman–Crippen LogP) is 2.75. The van der Waals surface area contributed by atoms with E-state index in [9.17, 15) is 4.79 Å². The van der Waals surface area contributed by atoms with E-state index in [4.69, 9.17) is 0 Å². The Morgan fingerprint density at radius 2 is 2.08 bits per heavy atom. The zero-order valence-electron chi connectivity index (χ0n) is 15.2. The molecule has 8 heteroatoms. The van der Waals surface area contributed by atoms with E-state index in [1.54, 1.807) is 6.20 Å². The van der Waals surface area contributed by atoms with Crippen molar-refractivity contribution < 1.29 is 4.79 Å². The van der Waals surface area contributed by atoms with Crippen LogP contribution in [0, 0.1) is 11.8 Å². The van der Waals surface area contributed by atoms with Gasteiger partial charge in [-0.3, -0.25) is 4.79 Å². The molecule has 0 radical (unpaired) electrons. The van der Waals surface area contributed by atoms with E-state index in [-0.39, 0.29) is 30.7 Å². The summed E-state index contributed by atoms with van der Waals surface area (Å²) in [5.74, 6) is 1.20. The fourth-order valence-electron chi connectivity index (χ4n) is 3.88. The molecule has 2 bridgehead atoms. The van der Waals surface area contributed by atoms with Crippen LogP contribution in [0.4, 0.5) is 0 Å². The van der Waals surface area contributed by atoms with Crippen LogP contribution in [-0.2, 0) is 6.54 Å². The van der Waals surface area contributed by atoms with Crippen LogP contribution in [0.25, 0.3) is 11.2 Å². The number of hydrogen-bond acceptors (Lipinski definition) is 4. The van der Waals surface area contributed by atoms with E-state index >= 15 is 0 Å². The Balaban J connectivity index is 0.00000121. The van der Waals surface area contributed by atoms with Crippen molar-refractivity contribution in [1.82, 2.24) is 24.8 Å². The van der Waals surface area contributed by atoms with Gasteiger partial charge < -0.3 is 14.8 Å². The van der Waals surface area contributed by atoms with Gasteiger partial charge in [0, 0.05) is 31.9 Å². The molecular formula is C18H27Cl2N5O. The van der Waals surface area contributed by atoms with Gasteiger partial charge in [-0.15, -0.1) is 24.8 Å². The highest BCUT2D eigenvalue weighted by Gasteiger charge is 2.31. The highest BCUT2D eigenvalue weighted by atomic mass is 35.5. The van der Waals surface area contributed by atoms with Crippen molar-refractivity contribution in [2.45, 2.75) is 39.3 Å². The molecule has 3 saturated heterocycles. The third kappa shape index (κ3) is 4.13. The molecule has 3 fully saturated rings. The van der Waals surface area contributed by atoms with Gasteiger partial charge in [0.25, 0.3) is 5.91 Å². The monoisotopic (exact) mass is 399 g/mol. The lowest BCUT2D eigenvalue weighted by Crippen LogP contribution is -2.40. The number of nitrogens with zero attached hydrogens (tertiary/aromatic N) is 4. The minimum Gasteiger partial charge on any atom is -0.337 e. The van der Waals surface area contributed by atoms with Crippen LogP contribution in [0.3, 0.4) is 0 Å². The highest BCUT2D eigenvalue weighted by Crippen LogP contribution is 2.23. The maximum absolute atomic E-state index is 12.9. The van der Waals surface area contributed by atoms with Gasteiger partial charge in [0.05, 0.1) is 11.9 Å². The Labute approximate surface area is 166 Å². The number of carbonyl (C=O) groups excluding carboxylic acids is 1. The first-order valence-electron chi connectivity index (χ1n) is 8.93. The van der Waals surface area contributed by atoms with Crippen molar-refractivity contribution >= 4 is 41.9 Å². The van der Waals surface area contributed by atoms with Crippen LogP contribution in [0.15, 0.2) is 18.6 Å². The number of amides is 1. The number of nitrogens with one attached hydrogen (secondary N) is 1. The predicted molar refractivity (Wildman–Crippen MR) is 107 cm³/mol. The number of imidazole rings is 1. The second kappa shape index (κ2) is 8.55. The van der Waals surface area contributed by atoms with Crippen molar-refractivity contribution in [2.24, 2.45) is 11.8 Å². The van der Waals surface area contributed by atoms with Crippen molar-refractivity contribution in [3.63, 3.8) is 0 Å². The summed E-state index contributed by atoms with van der Waals surface area (Å²) >= 11 is 0. The molecule has 0 spiro atoms. The second-order valence-electron chi connectivity index (χ2n) is 7.62. The van der Waals surface area contributed by atoms with E-state index in [1.807, 2.05) is 17.3 Å². The number of carbonyl (C=O) groups is 1. The summed E-state index contributed by atoms with van der Waals surface area (Å²) in [6.07, 6.45) is 5.93. The Hall–Kier alpha value is -1.37. The van der Waals surface area contributed by atoms with Gasteiger partial charge in [-0.1, -0.05) is 13.8 Å². The molecule has 0 saturated carbocycles. The largest absolute Gasteiger partial charge is 0.337 e. The highest BCUT2D eigenvalue weighted by molar-refractivity contribution is 5.96. The second-order valence-corrected chi connectivity index (χ2v) is 7.62. The van der Waals surface area contributed by atoms with E-state index in [1.165, 1.54) is 12.8 Å². The molecule has 2 atom stereocenters. The third-order valence-electron chi connectivity index (χ3n) is 5.09. The molecule has 3 aliphatic rings. The normalized spacial score (nSPS) is 22.0. The Morgan fingerprint density at radius 1 is 1.27 bits per heavy atom. The fourth-order valence-corrected chi connectivity index (χ4v) is 3.88. The number of piperidine rings is 1. The summed E-state index contributed by atoms with van der Waals surface area (Å²) in [4.78, 5) is 23.9. The summed E-state index contributed by atoms with van der Waals surface area (Å²) in [6, 6.07) is 2.33. The van der Waals surface area contributed by atoms with Crippen LogP contribution in [0.1, 0.15) is 37.0 Å². The van der Waals surface area contributed by atoms with Gasteiger partial charge in [-0.2, -0.15) is 0 Å². The molecule has 2 aromatic rings. The molecule has 5 heterocycles. The van der Waals surface area contributed by atoms with E-state index in [0.29, 0.717) is 23.4 Å². The van der Waals surface area contributed by atoms with Gasteiger partial charge in [-0.25, -0.2) is 9.97 Å². The lowest BCUT2D eigenvalue weighted by molar-refractivity contribution is 0.0748. The molecule has 6 nitrogen and oxygen atoms in total. The zero-order chi connectivity index (χ0) is 16.7. The average Bonchev–Trinajstić information content (AvgIpc) is 2.75. The lowest BCUT2D eigenvalue weighted by atomic mass is 9.97. The molecule has 5 rings (SSSR count). The molecular weight excluding hydrogens is 373 g/mol. The van der Waals surface area contributed by atoms with Crippen LogP contribution in [0.2, 0.25) is 0 Å². The van der Waals surface area contributed by atoms with Gasteiger partial charge in [0.2, 0.25) is 0 Å². The molecule has 0 unspecified atom stereocenters. The summed E-state index contributed by atoms with van der Waals surface area (Å²) in [5.41, 5.74) is 2.31. The number of halogens is 2. The van der Waals surface area contributed by atoms with E-state index in [0.717, 1.165) is 37.3 Å². The van der Waals surface area contributed by atoms with Crippen LogP contribution < -0.4 is 5.32 Å². The van der Waals surface area contributed by atoms with Crippen LogP contribution in [-0.4, -0.2) is 51.0 Å². The fraction of sp³-hybridized carbons (Fsp3) is 0.611. The number of hydrogen-bond donors (Lipinski definition) is 1. The quantitative estimate of drug-likeness (QED) is 0.861. The van der Waals surface area contributed by atoms with Gasteiger partial charge in [-0.05, 0) is 37.3 Å². The molecule has 2 aromatic heterocycles. The SMILES string of the molecule is CC(C)Cn1cnc2cc(C(=O)N3C[C@H]4CC[C@@H](C3)NC4)cnc21.Cl.Cl. The van der Waals surface area contributed by atoms with E-state index < -0.39 is 0 Å². The van der Waals surface area contributed by atoms with Crippen LogP contribution in [0.5, 0.6) is 0 Å². The number of aromatic nitrogens is 3. The Bertz CT molecular complexity index is 741. The molecule has 0 aromatic carbocycles. The molecule has 1 N–H and O–H groups in total. The molecule has 26 heavy (non-hydrogen) atoms. The Morgan fingerprint density at radius 3 is 2.77 bits per heavy atom. The molecule has 1 amide bonds. The van der Waals surface area contributed by atoms with Crippen molar-refractivity contribution in [1.29, 1.82) is 0 Å². The first kappa shape index (κ1) is 20.9. The van der Waals surface area contributed by atoms with Gasteiger partial charge >= 0.3 is 0 Å². The van der Waals surface area contributed by atoms with E-state index in [2.05, 4.69) is 33.7 Å². The van der Waals surface area contributed by atoms with Crippen molar-refractivity contribution in [2.75, 3.05) is 19.6 Å². The number of pyridine rings is 1. The maximum Gasteiger partial charge on any atom is 0.255 e. The first-order chi connectivity index (χ1) is 11.6. The minimum absolute atomic E-state index is 0. The number of rotatable bonds is 3. The molecule has 144 valence electrons. The average molecular weight is 400 g/mol. The Kier molecular flexibility index (Phi) is 6.88. The minimum atomic E-state index is 0. The zero-order valence-corrected chi connectivity index (χ0v) is 16.9. The third-order valence-corrected chi connectivity index (χ3v) is 5.09.